The standard InChI is InChI=1S/C17H19N3O5S/c1-11-7-14(20-25-11)19-16(22)10-26-9-15(21)18-13(17(23)24)8-12-5-3-2-4-6-12/h2-7,13H,8-10H2,1H3,(H,18,21)(H,23,24)(H,19,20,22)/t13-/m1/s1. The summed E-state index contributed by atoms with van der Waals surface area (Å²) in [4.78, 5) is 35.0. The number of thioether (sulfide) groups is 1. The molecular formula is C17H19N3O5S. The Hall–Kier alpha value is -2.81. The molecule has 0 saturated heterocycles. The van der Waals surface area contributed by atoms with Crippen LogP contribution in [0.2, 0.25) is 0 Å². The van der Waals surface area contributed by atoms with Crippen molar-refractivity contribution in [3.8, 4) is 0 Å². The molecule has 1 aromatic carbocycles. The Kier molecular flexibility index (Phi) is 7.22. The molecule has 0 aliphatic rings. The number of carboxylic acid groups (broad SMARTS) is 1. The molecule has 9 heteroatoms. The quantitative estimate of drug-likeness (QED) is 0.605. The van der Waals surface area contributed by atoms with Crippen molar-refractivity contribution in [1.82, 2.24) is 10.5 Å². The van der Waals surface area contributed by atoms with Crippen molar-refractivity contribution < 1.29 is 24.0 Å². The molecule has 1 atom stereocenters. The molecule has 0 bridgehead atoms. The highest BCUT2D eigenvalue weighted by Gasteiger charge is 2.20. The zero-order valence-corrected chi connectivity index (χ0v) is 14.9. The minimum absolute atomic E-state index is 0.0240. The lowest BCUT2D eigenvalue weighted by Crippen LogP contribution is -2.43. The number of carboxylic acids is 1. The maximum absolute atomic E-state index is 11.9. The third-order valence-electron chi connectivity index (χ3n) is 3.28. The van der Waals surface area contributed by atoms with Gasteiger partial charge in [0.05, 0.1) is 11.5 Å². The molecule has 0 spiro atoms. The molecule has 0 aliphatic carbocycles. The van der Waals surface area contributed by atoms with E-state index in [1.165, 1.54) is 0 Å². The molecule has 2 amide bonds. The summed E-state index contributed by atoms with van der Waals surface area (Å²) >= 11 is 1.08. The smallest absolute Gasteiger partial charge is 0.326 e. The van der Waals surface area contributed by atoms with Gasteiger partial charge in [-0.1, -0.05) is 35.5 Å². The van der Waals surface area contributed by atoms with E-state index in [-0.39, 0.29) is 23.8 Å². The lowest BCUT2D eigenvalue weighted by Gasteiger charge is -2.14. The molecule has 0 radical (unpaired) electrons. The molecule has 1 aromatic heterocycles. The Bertz CT molecular complexity index is 763. The second kappa shape index (κ2) is 9.62. The van der Waals surface area contributed by atoms with Gasteiger partial charge in [-0.15, -0.1) is 11.8 Å². The van der Waals surface area contributed by atoms with Gasteiger partial charge in [0.2, 0.25) is 11.8 Å². The molecule has 3 N–H and O–H groups in total. The van der Waals surface area contributed by atoms with E-state index in [1.807, 2.05) is 6.07 Å². The molecule has 8 nitrogen and oxygen atoms in total. The van der Waals surface area contributed by atoms with E-state index in [9.17, 15) is 19.5 Å². The van der Waals surface area contributed by atoms with Crippen molar-refractivity contribution in [3.05, 3.63) is 47.7 Å². The van der Waals surface area contributed by atoms with Crippen LogP contribution < -0.4 is 10.6 Å². The molecule has 0 saturated carbocycles. The average molecular weight is 377 g/mol. The summed E-state index contributed by atoms with van der Waals surface area (Å²) in [5, 5.41) is 17.9. The average Bonchev–Trinajstić information content (AvgIpc) is 3.00. The summed E-state index contributed by atoms with van der Waals surface area (Å²) in [5.41, 5.74) is 0.815. The largest absolute Gasteiger partial charge is 0.480 e. The van der Waals surface area contributed by atoms with Crippen LogP contribution in [0, 0.1) is 6.92 Å². The second-order valence-electron chi connectivity index (χ2n) is 5.51. The first-order chi connectivity index (χ1) is 12.4. The van der Waals surface area contributed by atoms with Crippen LogP contribution in [0.1, 0.15) is 11.3 Å². The molecule has 2 aromatic rings. The Labute approximate surface area is 154 Å². The first-order valence-electron chi connectivity index (χ1n) is 7.81. The van der Waals surface area contributed by atoms with Crippen molar-refractivity contribution in [2.75, 3.05) is 16.8 Å². The molecule has 0 unspecified atom stereocenters. The Morgan fingerprint density at radius 3 is 2.50 bits per heavy atom. The molecule has 138 valence electrons. The third-order valence-corrected chi connectivity index (χ3v) is 4.21. The lowest BCUT2D eigenvalue weighted by molar-refractivity contribution is -0.141. The maximum Gasteiger partial charge on any atom is 0.326 e. The van der Waals surface area contributed by atoms with Crippen LogP contribution in [-0.4, -0.2) is 45.6 Å². The molecular weight excluding hydrogens is 358 g/mol. The fraction of sp³-hybridized carbons (Fsp3) is 0.294. The van der Waals surface area contributed by atoms with Crippen molar-refractivity contribution >= 4 is 35.4 Å². The molecule has 2 rings (SSSR count). The SMILES string of the molecule is Cc1cc(NC(=O)CSCC(=O)N[C@H](Cc2ccccc2)C(=O)O)no1. The van der Waals surface area contributed by atoms with Crippen molar-refractivity contribution in [3.63, 3.8) is 0 Å². The van der Waals surface area contributed by atoms with E-state index in [2.05, 4.69) is 15.8 Å². The van der Waals surface area contributed by atoms with Crippen molar-refractivity contribution in [2.24, 2.45) is 0 Å². The molecule has 0 fully saturated rings. The number of carbonyl (C=O) groups is 3. The fourth-order valence-corrected chi connectivity index (χ4v) is 2.75. The van der Waals surface area contributed by atoms with Crippen LogP contribution >= 0.6 is 11.8 Å². The Morgan fingerprint density at radius 1 is 1.19 bits per heavy atom. The van der Waals surface area contributed by atoms with Gasteiger partial charge in [-0.3, -0.25) is 9.59 Å². The highest BCUT2D eigenvalue weighted by atomic mass is 32.2. The maximum atomic E-state index is 11.9. The van der Waals surface area contributed by atoms with Crippen LogP contribution in [0.15, 0.2) is 40.9 Å². The predicted molar refractivity (Wildman–Crippen MR) is 96.9 cm³/mol. The van der Waals surface area contributed by atoms with E-state index in [4.69, 9.17) is 4.52 Å². The number of benzene rings is 1. The van der Waals surface area contributed by atoms with Gasteiger partial charge in [0.15, 0.2) is 5.82 Å². The number of aliphatic carboxylic acids is 1. The monoisotopic (exact) mass is 377 g/mol. The normalized spacial score (nSPS) is 11.6. The number of anilines is 1. The Morgan fingerprint density at radius 2 is 1.88 bits per heavy atom. The van der Waals surface area contributed by atoms with Gasteiger partial charge in [-0.2, -0.15) is 0 Å². The number of nitrogens with one attached hydrogen (secondary N) is 2. The highest BCUT2D eigenvalue weighted by molar-refractivity contribution is 8.00. The number of hydrogen-bond donors (Lipinski definition) is 3. The van der Waals surface area contributed by atoms with Gasteiger partial charge in [-0.05, 0) is 12.5 Å². The number of aromatic nitrogens is 1. The highest BCUT2D eigenvalue weighted by Crippen LogP contribution is 2.09. The second-order valence-corrected chi connectivity index (χ2v) is 6.50. The summed E-state index contributed by atoms with van der Waals surface area (Å²) in [7, 11) is 0. The molecule has 1 heterocycles. The summed E-state index contributed by atoms with van der Waals surface area (Å²) < 4.78 is 4.83. The van der Waals surface area contributed by atoms with Gasteiger partial charge < -0.3 is 20.3 Å². The fourth-order valence-electron chi connectivity index (χ4n) is 2.13. The van der Waals surface area contributed by atoms with E-state index < -0.39 is 17.9 Å². The van der Waals surface area contributed by atoms with Crippen LogP contribution in [0.4, 0.5) is 5.82 Å². The topological polar surface area (TPSA) is 122 Å². The van der Waals surface area contributed by atoms with Gasteiger partial charge in [0, 0.05) is 12.5 Å². The van der Waals surface area contributed by atoms with Crippen LogP contribution in [0.3, 0.4) is 0 Å². The number of rotatable bonds is 9. The number of nitrogens with zero attached hydrogens (tertiary/aromatic N) is 1. The minimum Gasteiger partial charge on any atom is -0.480 e. The first kappa shape index (κ1) is 19.5. The summed E-state index contributed by atoms with van der Waals surface area (Å²) in [5.74, 6) is -0.971. The van der Waals surface area contributed by atoms with E-state index >= 15 is 0 Å². The number of aryl methyl sites for hydroxylation is 1. The summed E-state index contributed by atoms with van der Waals surface area (Å²) in [6.07, 6.45) is 0.193. The minimum atomic E-state index is -1.11. The number of amides is 2. The molecule has 0 aliphatic heterocycles. The van der Waals surface area contributed by atoms with Crippen molar-refractivity contribution in [2.45, 2.75) is 19.4 Å². The third kappa shape index (κ3) is 6.60. The van der Waals surface area contributed by atoms with E-state index in [1.54, 1.807) is 37.3 Å². The van der Waals surface area contributed by atoms with Crippen LogP contribution in [0.5, 0.6) is 0 Å². The van der Waals surface area contributed by atoms with Crippen LogP contribution in [0.25, 0.3) is 0 Å². The zero-order chi connectivity index (χ0) is 18.9. The van der Waals surface area contributed by atoms with E-state index in [0.717, 1.165) is 17.3 Å². The van der Waals surface area contributed by atoms with E-state index in [0.29, 0.717) is 11.6 Å². The number of carbonyl (C=O) groups excluding carboxylic acids is 2. The Balaban J connectivity index is 1.73. The predicted octanol–water partition coefficient (Wildman–Crippen LogP) is 1.47. The van der Waals surface area contributed by atoms with Gasteiger partial charge in [0.1, 0.15) is 11.8 Å². The van der Waals surface area contributed by atoms with Crippen molar-refractivity contribution in [1.29, 1.82) is 0 Å². The summed E-state index contributed by atoms with van der Waals surface area (Å²) in [6.45, 7) is 1.70. The summed E-state index contributed by atoms with van der Waals surface area (Å²) in [6, 6.07) is 9.61. The number of hydrogen-bond acceptors (Lipinski definition) is 6. The van der Waals surface area contributed by atoms with Gasteiger partial charge in [-0.25, -0.2) is 4.79 Å². The van der Waals surface area contributed by atoms with Gasteiger partial charge >= 0.3 is 5.97 Å². The zero-order valence-electron chi connectivity index (χ0n) is 14.1. The molecule has 26 heavy (non-hydrogen) atoms. The van der Waals surface area contributed by atoms with Gasteiger partial charge in [0.25, 0.3) is 0 Å². The first-order valence-corrected chi connectivity index (χ1v) is 8.96. The van der Waals surface area contributed by atoms with Crippen LogP contribution in [-0.2, 0) is 20.8 Å². The lowest BCUT2D eigenvalue weighted by atomic mass is 10.1.